The molecule has 3 aromatic carbocycles. The number of aliphatic hydroxyl groups excluding tert-OH is 1. The highest BCUT2D eigenvalue weighted by Gasteiger charge is 2.15. The first-order chi connectivity index (χ1) is 14.5. The zero-order valence-corrected chi connectivity index (χ0v) is 17.4. The van der Waals surface area contributed by atoms with E-state index in [1.54, 1.807) is 15.2 Å². The van der Waals surface area contributed by atoms with E-state index in [1.807, 2.05) is 91.9 Å². The van der Waals surface area contributed by atoms with Gasteiger partial charge in [0.15, 0.2) is 11.0 Å². The standard InChI is InChI=1S/C25H22N2O2S/c1-18-12-14-22-21(16-18)24(29)26(17-20-10-6-3-7-11-20)25(30)27(22)23(28)15-13-19-8-4-2-5-9-19/h2-16,23,28H,17H2,1H3/b15-13+. The number of benzene rings is 3. The number of nitrogens with zero attached hydrogens (tertiary/aromatic N) is 2. The zero-order chi connectivity index (χ0) is 21.1. The topological polar surface area (TPSA) is 47.2 Å². The number of aromatic nitrogens is 2. The molecule has 0 amide bonds. The van der Waals surface area contributed by atoms with Gasteiger partial charge in [-0.15, -0.1) is 0 Å². The Hall–Kier alpha value is -3.28. The first-order valence-corrected chi connectivity index (χ1v) is 10.2. The fourth-order valence-corrected chi connectivity index (χ4v) is 3.86. The number of aryl methyl sites for hydroxylation is 1. The molecule has 0 radical (unpaired) electrons. The van der Waals surface area contributed by atoms with E-state index in [0.717, 1.165) is 16.7 Å². The highest BCUT2D eigenvalue weighted by atomic mass is 32.1. The second-order valence-electron chi connectivity index (χ2n) is 7.23. The van der Waals surface area contributed by atoms with Crippen molar-refractivity contribution in [2.75, 3.05) is 0 Å². The molecular formula is C25H22N2O2S. The van der Waals surface area contributed by atoms with Crippen molar-refractivity contribution in [2.24, 2.45) is 0 Å². The molecule has 1 unspecified atom stereocenters. The van der Waals surface area contributed by atoms with Gasteiger partial charge in [-0.1, -0.05) is 78.4 Å². The van der Waals surface area contributed by atoms with Crippen LogP contribution in [0.15, 0.2) is 89.7 Å². The van der Waals surface area contributed by atoms with Gasteiger partial charge in [0.2, 0.25) is 0 Å². The van der Waals surface area contributed by atoms with Gasteiger partial charge >= 0.3 is 0 Å². The Morgan fingerprint density at radius 2 is 1.67 bits per heavy atom. The van der Waals surface area contributed by atoms with Crippen LogP contribution in [0, 0.1) is 11.7 Å². The predicted octanol–water partition coefficient (Wildman–Crippen LogP) is 5.09. The van der Waals surface area contributed by atoms with Crippen molar-refractivity contribution in [3.8, 4) is 0 Å². The van der Waals surface area contributed by atoms with Crippen molar-refractivity contribution >= 4 is 29.2 Å². The van der Waals surface area contributed by atoms with Crippen LogP contribution in [-0.4, -0.2) is 14.2 Å². The van der Waals surface area contributed by atoms with Crippen LogP contribution in [0.5, 0.6) is 0 Å². The molecule has 5 heteroatoms. The molecule has 4 rings (SSSR count). The maximum absolute atomic E-state index is 13.2. The fraction of sp³-hybridized carbons (Fsp3) is 0.120. The van der Waals surface area contributed by atoms with Gasteiger partial charge in [0.25, 0.3) is 5.56 Å². The summed E-state index contributed by atoms with van der Waals surface area (Å²) in [5.74, 6) is 0. The largest absolute Gasteiger partial charge is 0.369 e. The molecule has 0 spiro atoms. The number of aliphatic hydroxyl groups is 1. The van der Waals surface area contributed by atoms with Crippen molar-refractivity contribution in [1.29, 1.82) is 0 Å². The molecule has 0 bridgehead atoms. The molecule has 1 N–H and O–H groups in total. The lowest BCUT2D eigenvalue weighted by molar-refractivity contribution is 0.155. The average Bonchev–Trinajstić information content (AvgIpc) is 2.77. The molecule has 30 heavy (non-hydrogen) atoms. The van der Waals surface area contributed by atoms with E-state index in [1.165, 1.54) is 0 Å². The smallest absolute Gasteiger partial charge is 0.262 e. The van der Waals surface area contributed by atoms with Gasteiger partial charge < -0.3 is 5.11 Å². The Kier molecular flexibility index (Phi) is 5.74. The molecule has 0 aliphatic heterocycles. The van der Waals surface area contributed by atoms with Crippen LogP contribution < -0.4 is 5.56 Å². The van der Waals surface area contributed by atoms with Gasteiger partial charge in [-0.2, -0.15) is 0 Å². The summed E-state index contributed by atoms with van der Waals surface area (Å²) in [7, 11) is 0. The van der Waals surface area contributed by atoms with Crippen molar-refractivity contribution in [2.45, 2.75) is 19.7 Å². The first-order valence-electron chi connectivity index (χ1n) is 9.75. The van der Waals surface area contributed by atoms with Crippen LogP contribution in [0.1, 0.15) is 22.9 Å². The molecule has 150 valence electrons. The monoisotopic (exact) mass is 414 g/mol. The fourth-order valence-electron chi connectivity index (χ4n) is 3.51. The Morgan fingerprint density at radius 1 is 1.00 bits per heavy atom. The summed E-state index contributed by atoms with van der Waals surface area (Å²) < 4.78 is 3.46. The van der Waals surface area contributed by atoms with Crippen molar-refractivity contribution in [1.82, 2.24) is 9.13 Å². The van der Waals surface area contributed by atoms with Crippen LogP contribution in [-0.2, 0) is 6.54 Å². The third-order valence-corrected chi connectivity index (χ3v) is 5.45. The quantitative estimate of drug-likeness (QED) is 0.463. The Morgan fingerprint density at radius 3 is 2.37 bits per heavy atom. The molecule has 0 aliphatic rings. The van der Waals surface area contributed by atoms with Gasteiger partial charge in [-0.25, -0.2) is 0 Å². The van der Waals surface area contributed by atoms with E-state index in [-0.39, 0.29) is 10.3 Å². The van der Waals surface area contributed by atoms with E-state index in [9.17, 15) is 9.90 Å². The molecule has 1 heterocycles. The number of hydrogen-bond donors (Lipinski definition) is 1. The highest BCUT2D eigenvalue weighted by Crippen LogP contribution is 2.19. The number of hydrogen-bond acceptors (Lipinski definition) is 3. The molecule has 0 aliphatic carbocycles. The highest BCUT2D eigenvalue weighted by molar-refractivity contribution is 7.71. The van der Waals surface area contributed by atoms with Crippen LogP contribution in [0.2, 0.25) is 0 Å². The average molecular weight is 415 g/mol. The number of rotatable bonds is 5. The summed E-state index contributed by atoms with van der Waals surface area (Å²) in [6.45, 7) is 2.29. The Balaban J connectivity index is 1.88. The van der Waals surface area contributed by atoms with E-state index < -0.39 is 6.23 Å². The molecule has 1 atom stereocenters. The van der Waals surface area contributed by atoms with Gasteiger partial charge in [0.05, 0.1) is 17.4 Å². The normalized spacial score (nSPS) is 12.5. The number of fused-ring (bicyclic) bond motifs is 1. The summed E-state index contributed by atoms with van der Waals surface area (Å²) >= 11 is 5.68. The van der Waals surface area contributed by atoms with Crippen LogP contribution >= 0.6 is 12.2 Å². The summed E-state index contributed by atoms with van der Waals surface area (Å²) in [6.07, 6.45) is 2.52. The first kappa shape index (κ1) is 20.0. The Bertz CT molecular complexity index is 1320. The maximum Gasteiger partial charge on any atom is 0.262 e. The minimum absolute atomic E-state index is 0.155. The van der Waals surface area contributed by atoms with Crippen molar-refractivity contribution < 1.29 is 5.11 Å². The van der Waals surface area contributed by atoms with E-state index in [0.29, 0.717) is 17.4 Å². The SMILES string of the molecule is Cc1ccc2c(c1)c(=O)n(Cc1ccccc1)c(=S)n2C(O)/C=C/c1ccccc1. The van der Waals surface area contributed by atoms with Crippen LogP contribution in [0.3, 0.4) is 0 Å². The molecule has 1 aromatic heterocycles. The minimum Gasteiger partial charge on any atom is -0.369 e. The zero-order valence-electron chi connectivity index (χ0n) is 16.6. The molecule has 0 saturated carbocycles. The van der Waals surface area contributed by atoms with Gasteiger partial charge in [0.1, 0.15) is 0 Å². The summed E-state index contributed by atoms with van der Waals surface area (Å²) in [4.78, 5) is 13.2. The van der Waals surface area contributed by atoms with Gasteiger partial charge in [0, 0.05) is 0 Å². The van der Waals surface area contributed by atoms with E-state index in [2.05, 4.69) is 0 Å². The third-order valence-electron chi connectivity index (χ3n) is 5.03. The lowest BCUT2D eigenvalue weighted by Gasteiger charge is -2.19. The van der Waals surface area contributed by atoms with Gasteiger partial charge in [-0.3, -0.25) is 13.9 Å². The Labute approximate surface area is 180 Å². The van der Waals surface area contributed by atoms with Crippen LogP contribution in [0.4, 0.5) is 0 Å². The summed E-state index contributed by atoms with van der Waals surface area (Å²) in [5, 5.41) is 11.5. The summed E-state index contributed by atoms with van der Waals surface area (Å²) in [5.41, 5.74) is 3.38. The third kappa shape index (κ3) is 4.03. The van der Waals surface area contributed by atoms with Crippen molar-refractivity contribution in [3.05, 3.63) is 117 Å². The molecule has 4 nitrogen and oxygen atoms in total. The molecule has 0 saturated heterocycles. The minimum atomic E-state index is -1.01. The second-order valence-corrected chi connectivity index (χ2v) is 7.60. The molecular weight excluding hydrogens is 392 g/mol. The van der Waals surface area contributed by atoms with E-state index >= 15 is 0 Å². The lowest BCUT2D eigenvalue weighted by Crippen LogP contribution is -2.27. The van der Waals surface area contributed by atoms with Gasteiger partial charge in [-0.05, 0) is 48.5 Å². The molecule has 0 fully saturated rings. The summed E-state index contributed by atoms with van der Waals surface area (Å²) in [6, 6.07) is 25.1. The molecule has 4 aromatic rings. The maximum atomic E-state index is 13.2. The lowest BCUT2D eigenvalue weighted by atomic mass is 10.1. The second kappa shape index (κ2) is 8.61. The van der Waals surface area contributed by atoms with E-state index in [4.69, 9.17) is 12.2 Å². The van der Waals surface area contributed by atoms with Crippen LogP contribution in [0.25, 0.3) is 17.0 Å². The van der Waals surface area contributed by atoms with Crippen molar-refractivity contribution in [3.63, 3.8) is 0 Å². The predicted molar refractivity (Wildman–Crippen MR) is 124 cm³/mol.